The lowest BCUT2D eigenvalue weighted by molar-refractivity contribution is 0.0450. The number of H-pyrrole nitrogens is 1. The van der Waals surface area contributed by atoms with Crippen LogP contribution in [0, 0.1) is 0 Å². The summed E-state index contributed by atoms with van der Waals surface area (Å²) in [4.78, 5) is 15.8. The van der Waals surface area contributed by atoms with Crippen molar-refractivity contribution >= 4 is 17.4 Å². The summed E-state index contributed by atoms with van der Waals surface area (Å²) in [6.45, 7) is 1.01. The summed E-state index contributed by atoms with van der Waals surface area (Å²) in [7, 11) is 4.71. The molecule has 1 aromatic heterocycles. The number of hydrogen-bond acceptors (Lipinski definition) is 8. The van der Waals surface area contributed by atoms with Gasteiger partial charge >= 0.3 is 0 Å². The van der Waals surface area contributed by atoms with Gasteiger partial charge in [-0.2, -0.15) is 5.10 Å². The third kappa shape index (κ3) is 6.19. The molecule has 0 spiro atoms. The lowest BCUT2D eigenvalue weighted by Crippen LogP contribution is -2.27. The first-order valence-corrected chi connectivity index (χ1v) is 12.8. The fraction of sp³-hybridized carbons (Fsp3) is 0.267. The minimum absolute atomic E-state index is 0.0340. The van der Waals surface area contributed by atoms with Gasteiger partial charge in [-0.3, -0.25) is 9.89 Å². The first kappa shape index (κ1) is 27.0. The molecule has 0 saturated heterocycles. The third-order valence-corrected chi connectivity index (χ3v) is 6.54. The smallest absolute Gasteiger partial charge is 0.260 e. The van der Waals surface area contributed by atoms with Gasteiger partial charge in [-0.05, 0) is 28.8 Å². The second kappa shape index (κ2) is 12.5. The van der Waals surface area contributed by atoms with Gasteiger partial charge in [0.1, 0.15) is 22.8 Å². The second-order valence-electron chi connectivity index (χ2n) is 9.30. The topological polar surface area (TPSA) is 107 Å². The Morgan fingerprint density at radius 2 is 1.60 bits per heavy atom. The number of hydrogen-bond donors (Lipinski definition) is 2. The van der Waals surface area contributed by atoms with Crippen molar-refractivity contribution in [1.82, 2.24) is 15.1 Å². The quantitative estimate of drug-likeness (QED) is 0.243. The molecule has 0 saturated carbocycles. The molecule has 1 aliphatic heterocycles. The number of ether oxygens (including phenoxy) is 5. The van der Waals surface area contributed by atoms with Crippen molar-refractivity contribution in [2.24, 2.45) is 0 Å². The highest BCUT2D eigenvalue weighted by atomic mass is 16.7. The number of nitrogens with one attached hydrogen (secondary N) is 2. The molecule has 2 heterocycles. The van der Waals surface area contributed by atoms with Gasteiger partial charge in [0.05, 0.1) is 12.8 Å². The molecule has 10 heteroatoms. The number of fused-ring (bicyclic) bond motifs is 1. The molecule has 1 aliphatic rings. The SMILES string of the molecule is COCOc1cc(Nc2cc(Cc3ccc(OC)cc3)[nH]n2)c(C(=O)N2Cc3ccccc3C2)c(OCOC)c1. The fourth-order valence-electron chi connectivity index (χ4n) is 4.61. The van der Waals surface area contributed by atoms with Gasteiger partial charge in [0, 0.05) is 57.6 Å². The summed E-state index contributed by atoms with van der Waals surface area (Å²) >= 11 is 0. The molecule has 3 aromatic carbocycles. The molecule has 5 rings (SSSR count). The van der Waals surface area contributed by atoms with E-state index in [1.165, 1.54) is 7.11 Å². The van der Waals surface area contributed by atoms with Crippen molar-refractivity contribution in [3.63, 3.8) is 0 Å². The van der Waals surface area contributed by atoms with Gasteiger partial charge in [-0.15, -0.1) is 0 Å². The molecular formula is C30H32N4O6. The van der Waals surface area contributed by atoms with Crippen molar-refractivity contribution in [3.05, 3.63) is 94.7 Å². The van der Waals surface area contributed by atoms with E-state index in [4.69, 9.17) is 23.7 Å². The van der Waals surface area contributed by atoms with Gasteiger partial charge in [-0.1, -0.05) is 36.4 Å². The van der Waals surface area contributed by atoms with Crippen LogP contribution >= 0.6 is 0 Å². The van der Waals surface area contributed by atoms with E-state index < -0.39 is 0 Å². The summed E-state index contributed by atoms with van der Waals surface area (Å²) in [5.41, 5.74) is 5.10. The van der Waals surface area contributed by atoms with Crippen LogP contribution in [0.15, 0.2) is 66.7 Å². The summed E-state index contributed by atoms with van der Waals surface area (Å²) in [5.74, 6) is 1.95. The summed E-state index contributed by atoms with van der Waals surface area (Å²) in [6.07, 6.45) is 0.648. The van der Waals surface area contributed by atoms with E-state index in [0.29, 0.717) is 48.1 Å². The average Bonchev–Trinajstić information content (AvgIpc) is 3.61. The van der Waals surface area contributed by atoms with E-state index in [1.807, 2.05) is 54.6 Å². The molecule has 40 heavy (non-hydrogen) atoms. The van der Waals surface area contributed by atoms with Crippen LogP contribution in [0.25, 0.3) is 0 Å². The molecule has 2 N–H and O–H groups in total. The molecule has 208 valence electrons. The third-order valence-electron chi connectivity index (χ3n) is 6.54. The summed E-state index contributed by atoms with van der Waals surface area (Å²) in [6, 6.07) is 21.2. The van der Waals surface area contributed by atoms with Crippen LogP contribution in [0.1, 0.15) is 32.7 Å². The summed E-state index contributed by atoms with van der Waals surface area (Å²) < 4.78 is 27.1. The number of aromatic amines is 1. The average molecular weight is 545 g/mol. The predicted octanol–water partition coefficient (Wildman–Crippen LogP) is 4.87. The minimum Gasteiger partial charge on any atom is -0.497 e. The number of carbonyl (C=O) groups is 1. The van der Waals surface area contributed by atoms with Crippen molar-refractivity contribution in [2.75, 3.05) is 40.2 Å². The minimum atomic E-state index is -0.183. The number of rotatable bonds is 12. The van der Waals surface area contributed by atoms with Gasteiger partial charge in [0.15, 0.2) is 19.4 Å². The Morgan fingerprint density at radius 3 is 2.27 bits per heavy atom. The van der Waals surface area contributed by atoms with Gasteiger partial charge in [0.25, 0.3) is 5.91 Å². The zero-order chi connectivity index (χ0) is 27.9. The fourth-order valence-corrected chi connectivity index (χ4v) is 4.61. The van der Waals surface area contributed by atoms with Crippen LogP contribution in [-0.4, -0.2) is 55.9 Å². The number of nitrogens with zero attached hydrogens (tertiary/aromatic N) is 2. The number of amides is 1. The maximum absolute atomic E-state index is 14.0. The Bertz CT molecular complexity index is 1430. The molecule has 0 atom stereocenters. The first-order chi connectivity index (χ1) is 19.6. The van der Waals surface area contributed by atoms with Crippen LogP contribution in [0.2, 0.25) is 0 Å². The van der Waals surface area contributed by atoms with Gasteiger partial charge in [0.2, 0.25) is 0 Å². The molecule has 10 nitrogen and oxygen atoms in total. The van der Waals surface area contributed by atoms with Gasteiger partial charge < -0.3 is 33.9 Å². The van der Waals surface area contributed by atoms with E-state index in [-0.39, 0.29) is 19.5 Å². The molecule has 0 fully saturated rings. The molecular weight excluding hydrogens is 512 g/mol. The van der Waals surface area contributed by atoms with Crippen molar-refractivity contribution < 1.29 is 28.5 Å². The highest BCUT2D eigenvalue weighted by molar-refractivity contribution is 6.03. The zero-order valence-corrected chi connectivity index (χ0v) is 22.7. The largest absolute Gasteiger partial charge is 0.497 e. The van der Waals surface area contributed by atoms with E-state index in [1.54, 1.807) is 31.3 Å². The Kier molecular flexibility index (Phi) is 8.48. The van der Waals surface area contributed by atoms with Crippen molar-refractivity contribution in [2.45, 2.75) is 19.5 Å². The van der Waals surface area contributed by atoms with Crippen LogP contribution in [-0.2, 0) is 29.0 Å². The molecule has 0 unspecified atom stereocenters. The molecule has 4 aromatic rings. The second-order valence-corrected chi connectivity index (χ2v) is 9.30. The van der Waals surface area contributed by atoms with Crippen molar-refractivity contribution in [3.8, 4) is 17.2 Å². The lowest BCUT2D eigenvalue weighted by Gasteiger charge is -2.22. The standard InChI is InChI=1S/C30H32N4O6/c1-36-18-39-25-14-26(31-28-13-23(32-33-28)12-20-8-10-24(38-3)11-9-20)29(27(15-25)40-19-37-2)30(35)34-16-21-6-4-5-7-22(21)17-34/h4-11,13-15H,12,16-19H2,1-3H3,(H2,31,32,33). The van der Waals surface area contributed by atoms with Crippen LogP contribution in [0.4, 0.5) is 11.5 Å². The van der Waals surface area contributed by atoms with E-state index in [0.717, 1.165) is 28.1 Å². The van der Waals surface area contributed by atoms with E-state index in [9.17, 15) is 4.79 Å². The number of aromatic nitrogens is 2. The number of anilines is 2. The molecule has 0 radical (unpaired) electrons. The van der Waals surface area contributed by atoms with Gasteiger partial charge in [-0.25, -0.2) is 0 Å². The number of methoxy groups -OCH3 is 3. The highest BCUT2D eigenvalue weighted by Crippen LogP contribution is 2.37. The lowest BCUT2D eigenvalue weighted by atomic mass is 10.1. The van der Waals surface area contributed by atoms with Crippen LogP contribution in [0.3, 0.4) is 0 Å². The molecule has 1 amide bonds. The first-order valence-electron chi connectivity index (χ1n) is 12.8. The van der Waals surface area contributed by atoms with Crippen LogP contribution in [0.5, 0.6) is 17.2 Å². The Hall–Kier alpha value is -4.54. The highest BCUT2D eigenvalue weighted by Gasteiger charge is 2.29. The number of carbonyl (C=O) groups excluding carboxylic acids is 1. The maximum Gasteiger partial charge on any atom is 0.260 e. The monoisotopic (exact) mass is 544 g/mol. The predicted molar refractivity (Wildman–Crippen MR) is 149 cm³/mol. The zero-order valence-electron chi connectivity index (χ0n) is 22.7. The Balaban J connectivity index is 1.45. The Labute approximate surface area is 232 Å². The molecule has 0 aliphatic carbocycles. The maximum atomic E-state index is 14.0. The molecule has 0 bridgehead atoms. The Morgan fingerprint density at radius 1 is 0.900 bits per heavy atom. The van der Waals surface area contributed by atoms with Crippen LogP contribution < -0.4 is 19.5 Å². The van der Waals surface area contributed by atoms with E-state index in [2.05, 4.69) is 15.5 Å². The van der Waals surface area contributed by atoms with Crippen molar-refractivity contribution in [1.29, 1.82) is 0 Å². The normalized spacial score (nSPS) is 12.2. The summed E-state index contributed by atoms with van der Waals surface area (Å²) in [5, 5.41) is 10.8. The van der Waals surface area contributed by atoms with E-state index >= 15 is 0 Å². The number of benzene rings is 3.